The average molecular weight is 269 g/mol. The summed E-state index contributed by atoms with van der Waals surface area (Å²) >= 11 is 0. The van der Waals surface area contributed by atoms with Crippen LogP contribution in [0.2, 0.25) is 0 Å². The number of rotatable bonds is 8. The lowest BCUT2D eigenvalue weighted by molar-refractivity contribution is -0.131. The first-order valence-corrected chi connectivity index (χ1v) is 6.18. The molecule has 0 spiro atoms. The molecule has 0 N–H and O–H groups in total. The molecular weight excluding hydrogens is 249 g/mol. The van der Waals surface area contributed by atoms with Crippen LogP contribution in [0.3, 0.4) is 0 Å². The summed E-state index contributed by atoms with van der Waals surface area (Å²) in [4.78, 5) is 13.7. The van der Waals surface area contributed by atoms with E-state index in [9.17, 15) is 9.18 Å². The molecule has 0 aliphatic rings. The Hall–Kier alpha value is -1.46. The van der Waals surface area contributed by atoms with E-state index in [0.717, 1.165) is 0 Å². The van der Waals surface area contributed by atoms with Crippen molar-refractivity contribution in [3.63, 3.8) is 0 Å². The summed E-state index contributed by atoms with van der Waals surface area (Å²) < 4.78 is 23.4. The quantitative estimate of drug-likeness (QED) is 0.717. The standard InChI is InChI=1S/C14H20FNO3/c1-18-9-7-16(8-10-19-2)14(17)11-12-5-3-4-6-13(12)15/h3-6H,7-11H2,1-2H3. The van der Waals surface area contributed by atoms with E-state index >= 15 is 0 Å². The molecule has 0 saturated heterocycles. The first-order valence-electron chi connectivity index (χ1n) is 6.18. The van der Waals surface area contributed by atoms with Crippen LogP contribution >= 0.6 is 0 Å². The van der Waals surface area contributed by atoms with Gasteiger partial charge in [0.2, 0.25) is 5.91 Å². The second kappa shape index (κ2) is 8.61. The summed E-state index contributed by atoms with van der Waals surface area (Å²) in [6.45, 7) is 1.86. The molecule has 0 aliphatic heterocycles. The molecular formula is C14H20FNO3. The lowest BCUT2D eigenvalue weighted by atomic mass is 10.1. The van der Waals surface area contributed by atoms with Gasteiger partial charge in [-0.05, 0) is 11.6 Å². The van der Waals surface area contributed by atoms with Crippen molar-refractivity contribution in [2.45, 2.75) is 6.42 Å². The van der Waals surface area contributed by atoms with Crippen LogP contribution < -0.4 is 0 Å². The van der Waals surface area contributed by atoms with Crippen LogP contribution in [-0.2, 0) is 20.7 Å². The van der Waals surface area contributed by atoms with Crippen LogP contribution in [0.5, 0.6) is 0 Å². The Kier molecular flexibility index (Phi) is 7.07. The predicted molar refractivity (Wildman–Crippen MR) is 70.4 cm³/mol. The maximum absolute atomic E-state index is 13.5. The molecule has 1 rings (SSSR count). The molecule has 0 bridgehead atoms. The van der Waals surface area contributed by atoms with Gasteiger partial charge in [0.05, 0.1) is 19.6 Å². The molecule has 0 aromatic heterocycles. The van der Waals surface area contributed by atoms with Gasteiger partial charge in [-0.2, -0.15) is 0 Å². The van der Waals surface area contributed by atoms with Crippen LogP contribution in [0.1, 0.15) is 5.56 Å². The van der Waals surface area contributed by atoms with Crippen molar-refractivity contribution in [1.82, 2.24) is 4.90 Å². The summed E-state index contributed by atoms with van der Waals surface area (Å²) in [5.41, 5.74) is 0.410. The number of ether oxygens (including phenoxy) is 2. The van der Waals surface area contributed by atoms with Gasteiger partial charge in [0.15, 0.2) is 0 Å². The van der Waals surface area contributed by atoms with Gasteiger partial charge in [-0.25, -0.2) is 4.39 Å². The highest BCUT2D eigenvalue weighted by molar-refractivity contribution is 5.78. The Morgan fingerprint density at radius 1 is 1.16 bits per heavy atom. The minimum Gasteiger partial charge on any atom is -0.383 e. The Morgan fingerprint density at radius 3 is 2.26 bits per heavy atom. The van der Waals surface area contributed by atoms with Crippen LogP contribution in [0, 0.1) is 5.82 Å². The van der Waals surface area contributed by atoms with Crippen molar-refractivity contribution < 1.29 is 18.7 Å². The van der Waals surface area contributed by atoms with Crippen molar-refractivity contribution in [2.24, 2.45) is 0 Å². The molecule has 1 amide bonds. The van der Waals surface area contributed by atoms with Crippen molar-refractivity contribution >= 4 is 5.91 Å². The van der Waals surface area contributed by atoms with Crippen molar-refractivity contribution in [2.75, 3.05) is 40.5 Å². The van der Waals surface area contributed by atoms with Crippen LogP contribution in [0.15, 0.2) is 24.3 Å². The van der Waals surface area contributed by atoms with Gasteiger partial charge in [0.1, 0.15) is 5.82 Å². The molecule has 1 aromatic rings. The zero-order valence-corrected chi connectivity index (χ0v) is 11.4. The second-order valence-electron chi connectivity index (χ2n) is 4.13. The summed E-state index contributed by atoms with van der Waals surface area (Å²) in [5.74, 6) is -0.478. The van der Waals surface area contributed by atoms with E-state index in [-0.39, 0.29) is 18.1 Å². The van der Waals surface area contributed by atoms with Crippen molar-refractivity contribution in [1.29, 1.82) is 0 Å². The fourth-order valence-electron chi connectivity index (χ4n) is 1.68. The maximum Gasteiger partial charge on any atom is 0.227 e. The van der Waals surface area contributed by atoms with Gasteiger partial charge < -0.3 is 14.4 Å². The molecule has 0 atom stereocenters. The molecule has 0 aliphatic carbocycles. The van der Waals surface area contributed by atoms with Gasteiger partial charge in [-0.15, -0.1) is 0 Å². The Labute approximate surface area is 113 Å². The molecule has 19 heavy (non-hydrogen) atoms. The average Bonchev–Trinajstić information content (AvgIpc) is 2.41. The Balaban J connectivity index is 2.62. The highest BCUT2D eigenvalue weighted by Gasteiger charge is 2.15. The molecule has 106 valence electrons. The van der Waals surface area contributed by atoms with Crippen LogP contribution in [0.4, 0.5) is 4.39 Å². The van der Waals surface area contributed by atoms with Gasteiger partial charge in [0.25, 0.3) is 0 Å². The lowest BCUT2D eigenvalue weighted by Gasteiger charge is -2.22. The number of carbonyl (C=O) groups excluding carboxylic acids is 1. The van der Waals surface area contributed by atoms with E-state index in [0.29, 0.717) is 31.9 Å². The highest BCUT2D eigenvalue weighted by Crippen LogP contribution is 2.08. The Morgan fingerprint density at radius 2 is 1.74 bits per heavy atom. The van der Waals surface area contributed by atoms with E-state index in [1.807, 2.05) is 0 Å². The SMILES string of the molecule is COCCN(CCOC)C(=O)Cc1ccccc1F. The van der Waals surface area contributed by atoms with Crippen molar-refractivity contribution in [3.05, 3.63) is 35.6 Å². The summed E-state index contributed by atoms with van der Waals surface area (Å²) in [7, 11) is 3.16. The third-order valence-corrected chi connectivity index (χ3v) is 2.78. The molecule has 0 unspecified atom stereocenters. The minimum absolute atomic E-state index is 0.0557. The van der Waals surface area contributed by atoms with Crippen molar-refractivity contribution in [3.8, 4) is 0 Å². The van der Waals surface area contributed by atoms with Gasteiger partial charge in [-0.1, -0.05) is 18.2 Å². The number of halogens is 1. The van der Waals surface area contributed by atoms with E-state index in [1.165, 1.54) is 6.07 Å². The van der Waals surface area contributed by atoms with Crippen LogP contribution in [-0.4, -0.2) is 51.3 Å². The molecule has 5 heteroatoms. The molecule has 0 heterocycles. The first kappa shape index (κ1) is 15.6. The number of amides is 1. The monoisotopic (exact) mass is 269 g/mol. The lowest BCUT2D eigenvalue weighted by Crippen LogP contribution is -2.37. The second-order valence-corrected chi connectivity index (χ2v) is 4.13. The third kappa shape index (κ3) is 5.36. The van der Waals surface area contributed by atoms with Crippen LogP contribution in [0.25, 0.3) is 0 Å². The van der Waals surface area contributed by atoms with E-state index in [1.54, 1.807) is 37.3 Å². The number of nitrogens with zero attached hydrogens (tertiary/aromatic N) is 1. The summed E-state index contributed by atoms with van der Waals surface area (Å²) in [6, 6.07) is 6.31. The number of methoxy groups -OCH3 is 2. The fraction of sp³-hybridized carbons (Fsp3) is 0.500. The zero-order valence-electron chi connectivity index (χ0n) is 11.4. The van der Waals surface area contributed by atoms with Gasteiger partial charge in [0, 0.05) is 27.3 Å². The van der Waals surface area contributed by atoms with Gasteiger partial charge >= 0.3 is 0 Å². The fourth-order valence-corrected chi connectivity index (χ4v) is 1.68. The van der Waals surface area contributed by atoms with Gasteiger partial charge in [-0.3, -0.25) is 4.79 Å². The molecule has 0 radical (unpaired) electrons. The third-order valence-electron chi connectivity index (χ3n) is 2.78. The maximum atomic E-state index is 13.5. The number of hydrogen-bond donors (Lipinski definition) is 0. The molecule has 0 saturated carbocycles. The Bertz CT molecular complexity index is 390. The number of benzene rings is 1. The van der Waals surface area contributed by atoms with E-state index < -0.39 is 0 Å². The molecule has 4 nitrogen and oxygen atoms in total. The number of carbonyl (C=O) groups is 1. The minimum atomic E-state index is -0.353. The molecule has 0 fully saturated rings. The smallest absolute Gasteiger partial charge is 0.227 e. The first-order chi connectivity index (χ1) is 9.19. The zero-order chi connectivity index (χ0) is 14.1. The van der Waals surface area contributed by atoms with E-state index in [2.05, 4.69) is 0 Å². The van der Waals surface area contributed by atoms with E-state index in [4.69, 9.17) is 9.47 Å². The number of hydrogen-bond acceptors (Lipinski definition) is 3. The molecule has 1 aromatic carbocycles. The normalized spacial score (nSPS) is 10.5. The highest BCUT2D eigenvalue weighted by atomic mass is 19.1. The summed E-state index contributed by atoms with van der Waals surface area (Å²) in [6.07, 6.45) is 0.0557. The topological polar surface area (TPSA) is 38.8 Å². The largest absolute Gasteiger partial charge is 0.383 e. The summed E-state index contributed by atoms with van der Waals surface area (Å²) in [5, 5.41) is 0. The predicted octanol–water partition coefficient (Wildman–Crippen LogP) is 1.49.